The van der Waals surface area contributed by atoms with Crippen LogP contribution in [0.25, 0.3) is 0 Å². The van der Waals surface area contributed by atoms with Crippen LogP contribution in [0.3, 0.4) is 0 Å². The Kier molecular flexibility index (Phi) is 3.71. The summed E-state index contributed by atoms with van der Waals surface area (Å²) < 4.78 is 0. The molecule has 1 aromatic heterocycles. The number of carbonyl (C=O) groups is 1. The summed E-state index contributed by atoms with van der Waals surface area (Å²) in [6.45, 7) is 0.793. The Balaban J connectivity index is 1.68. The molecule has 1 aliphatic heterocycles. The highest BCUT2D eigenvalue weighted by atomic mass is 16.2. The predicted molar refractivity (Wildman–Crippen MR) is 92.2 cm³/mol. The first kappa shape index (κ1) is 15.1. The van der Waals surface area contributed by atoms with E-state index in [9.17, 15) is 4.79 Å². The highest BCUT2D eigenvalue weighted by molar-refractivity contribution is 5.97. The molecule has 1 unspecified atom stereocenters. The molecule has 1 aromatic carbocycles. The Morgan fingerprint density at radius 2 is 1.79 bits per heavy atom. The van der Waals surface area contributed by atoms with Crippen molar-refractivity contribution in [2.75, 3.05) is 12.3 Å². The normalized spacial score (nSPS) is 22.2. The molecule has 5 nitrogen and oxygen atoms in total. The maximum Gasteiger partial charge on any atom is 0.276 e. The van der Waals surface area contributed by atoms with Crippen LogP contribution in [0, 0.1) is 5.41 Å². The fourth-order valence-corrected chi connectivity index (χ4v) is 4.43. The van der Waals surface area contributed by atoms with Crippen molar-refractivity contribution in [3.8, 4) is 0 Å². The number of nitrogens with two attached hydrogens (primary N) is 1. The van der Waals surface area contributed by atoms with E-state index in [-0.39, 0.29) is 28.9 Å². The molecule has 0 radical (unpaired) electrons. The first-order chi connectivity index (χ1) is 11.7. The minimum atomic E-state index is -0.106. The van der Waals surface area contributed by atoms with Gasteiger partial charge in [-0.25, -0.2) is 9.97 Å². The Hall–Kier alpha value is -2.43. The monoisotopic (exact) mass is 322 g/mol. The van der Waals surface area contributed by atoms with Gasteiger partial charge in [0.05, 0.1) is 6.04 Å². The van der Waals surface area contributed by atoms with Crippen LogP contribution in [0.2, 0.25) is 0 Å². The summed E-state index contributed by atoms with van der Waals surface area (Å²) in [5.41, 5.74) is 7.56. The molecule has 2 N–H and O–H groups in total. The lowest BCUT2D eigenvalue weighted by atomic mass is 9.61. The van der Waals surface area contributed by atoms with Gasteiger partial charge < -0.3 is 10.6 Å². The van der Waals surface area contributed by atoms with Crippen molar-refractivity contribution in [3.63, 3.8) is 0 Å². The van der Waals surface area contributed by atoms with E-state index in [1.165, 1.54) is 50.1 Å². The quantitative estimate of drug-likeness (QED) is 0.921. The van der Waals surface area contributed by atoms with E-state index < -0.39 is 0 Å². The van der Waals surface area contributed by atoms with Crippen LogP contribution in [-0.4, -0.2) is 27.3 Å². The van der Waals surface area contributed by atoms with E-state index in [2.05, 4.69) is 22.1 Å². The minimum absolute atomic E-state index is 0.106. The molecular formula is C19H22N4O. The molecule has 1 atom stereocenters. The van der Waals surface area contributed by atoms with Gasteiger partial charge in [0.25, 0.3) is 5.91 Å². The molecule has 1 spiro atoms. The van der Waals surface area contributed by atoms with Gasteiger partial charge in [0.2, 0.25) is 0 Å². The van der Waals surface area contributed by atoms with Crippen molar-refractivity contribution < 1.29 is 4.79 Å². The number of aromatic nitrogens is 2. The molecule has 2 aromatic rings. The highest BCUT2D eigenvalue weighted by Crippen LogP contribution is 2.57. The number of rotatable bonds is 2. The second-order valence-electron chi connectivity index (χ2n) is 6.96. The van der Waals surface area contributed by atoms with E-state index in [1.807, 2.05) is 23.1 Å². The second-order valence-corrected chi connectivity index (χ2v) is 6.96. The lowest BCUT2D eigenvalue weighted by Gasteiger charge is -2.59. The molecule has 5 heteroatoms. The SMILES string of the molecule is Nc1nccnc1C(=O)N1CC2(CCCCC2)C1c1ccccc1. The van der Waals surface area contributed by atoms with E-state index in [0.717, 1.165) is 6.54 Å². The third-order valence-corrected chi connectivity index (χ3v) is 5.53. The van der Waals surface area contributed by atoms with Crippen molar-refractivity contribution in [1.82, 2.24) is 14.9 Å². The van der Waals surface area contributed by atoms with Gasteiger partial charge in [0.15, 0.2) is 11.5 Å². The van der Waals surface area contributed by atoms with Crippen LogP contribution in [0.4, 0.5) is 5.82 Å². The summed E-state index contributed by atoms with van der Waals surface area (Å²) in [6, 6.07) is 10.5. The number of carbonyl (C=O) groups excluding carboxylic acids is 1. The molecular weight excluding hydrogens is 300 g/mol. The lowest BCUT2D eigenvalue weighted by Crippen LogP contribution is -2.61. The maximum absolute atomic E-state index is 13.0. The molecule has 1 aliphatic carbocycles. The van der Waals surface area contributed by atoms with Gasteiger partial charge in [0, 0.05) is 24.4 Å². The molecule has 0 bridgehead atoms. The standard InChI is InChI=1S/C19H22N4O/c20-17-15(21-11-12-22-17)18(24)23-13-19(9-5-2-6-10-19)16(23)14-7-3-1-4-8-14/h1,3-4,7-8,11-12,16H,2,5-6,9-10,13H2,(H2,20,22). The Labute approximate surface area is 141 Å². The van der Waals surface area contributed by atoms with Crippen LogP contribution in [0.1, 0.15) is 54.2 Å². The summed E-state index contributed by atoms with van der Waals surface area (Å²) in [6.07, 6.45) is 9.21. The van der Waals surface area contributed by atoms with Crippen LogP contribution >= 0.6 is 0 Å². The molecule has 1 saturated heterocycles. The summed E-state index contributed by atoms with van der Waals surface area (Å²) in [5, 5.41) is 0. The van der Waals surface area contributed by atoms with Gasteiger partial charge in [-0.3, -0.25) is 4.79 Å². The fourth-order valence-electron chi connectivity index (χ4n) is 4.43. The van der Waals surface area contributed by atoms with Gasteiger partial charge in [-0.15, -0.1) is 0 Å². The number of nitrogen functional groups attached to an aromatic ring is 1. The first-order valence-corrected chi connectivity index (χ1v) is 8.64. The number of nitrogens with zero attached hydrogens (tertiary/aromatic N) is 3. The summed E-state index contributed by atoms with van der Waals surface area (Å²) in [4.78, 5) is 23.1. The number of hydrogen-bond acceptors (Lipinski definition) is 4. The minimum Gasteiger partial charge on any atom is -0.382 e. The van der Waals surface area contributed by atoms with Gasteiger partial charge in [0.1, 0.15) is 0 Å². The molecule has 4 rings (SSSR count). The molecule has 2 heterocycles. The van der Waals surface area contributed by atoms with Crippen LogP contribution in [0.5, 0.6) is 0 Å². The summed E-state index contributed by atoms with van der Waals surface area (Å²) >= 11 is 0. The number of anilines is 1. The van der Waals surface area contributed by atoms with Gasteiger partial charge in [-0.1, -0.05) is 49.6 Å². The summed E-state index contributed by atoms with van der Waals surface area (Å²) in [7, 11) is 0. The predicted octanol–water partition coefficient (Wildman–Crippen LogP) is 3.21. The van der Waals surface area contributed by atoms with Gasteiger partial charge in [-0.2, -0.15) is 0 Å². The van der Waals surface area contributed by atoms with Crippen LogP contribution < -0.4 is 5.73 Å². The van der Waals surface area contributed by atoms with Crippen molar-refractivity contribution in [1.29, 1.82) is 0 Å². The molecule has 1 amide bonds. The van der Waals surface area contributed by atoms with E-state index in [1.54, 1.807) is 0 Å². The summed E-state index contributed by atoms with van der Waals surface area (Å²) in [5.74, 6) is 0.101. The Morgan fingerprint density at radius 3 is 2.50 bits per heavy atom. The van der Waals surface area contributed by atoms with E-state index >= 15 is 0 Å². The average Bonchev–Trinajstić information content (AvgIpc) is 2.61. The smallest absolute Gasteiger partial charge is 0.276 e. The topological polar surface area (TPSA) is 72.1 Å². The van der Waals surface area contributed by atoms with Crippen LogP contribution in [0.15, 0.2) is 42.7 Å². The van der Waals surface area contributed by atoms with E-state index in [4.69, 9.17) is 5.73 Å². The molecule has 2 aliphatic rings. The van der Waals surface area contributed by atoms with Gasteiger partial charge in [-0.05, 0) is 18.4 Å². The zero-order valence-electron chi connectivity index (χ0n) is 13.7. The van der Waals surface area contributed by atoms with Crippen molar-refractivity contribution >= 4 is 11.7 Å². The van der Waals surface area contributed by atoms with Crippen molar-refractivity contribution in [2.24, 2.45) is 5.41 Å². The van der Waals surface area contributed by atoms with Crippen molar-refractivity contribution in [2.45, 2.75) is 38.1 Å². The number of benzene rings is 1. The van der Waals surface area contributed by atoms with Gasteiger partial charge >= 0.3 is 0 Å². The number of hydrogen-bond donors (Lipinski definition) is 1. The largest absolute Gasteiger partial charge is 0.382 e. The fraction of sp³-hybridized carbons (Fsp3) is 0.421. The lowest BCUT2D eigenvalue weighted by molar-refractivity contribution is -0.0772. The van der Waals surface area contributed by atoms with E-state index in [0.29, 0.717) is 0 Å². The Morgan fingerprint density at radius 1 is 1.08 bits per heavy atom. The van der Waals surface area contributed by atoms with Crippen LogP contribution in [-0.2, 0) is 0 Å². The third kappa shape index (κ3) is 2.35. The molecule has 124 valence electrons. The first-order valence-electron chi connectivity index (χ1n) is 8.64. The maximum atomic E-state index is 13.0. The van der Waals surface area contributed by atoms with Crippen molar-refractivity contribution in [3.05, 3.63) is 54.0 Å². The zero-order valence-corrected chi connectivity index (χ0v) is 13.7. The molecule has 2 fully saturated rings. The number of likely N-dealkylation sites (tertiary alicyclic amines) is 1. The average molecular weight is 322 g/mol. The molecule has 24 heavy (non-hydrogen) atoms. The second kappa shape index (κ2) is 5.89. The number of amides is 1. The zero-order chi connectivity index (χ0) is 16.6. The Bertz CT molecular complexity index is 740. The third-order valence-electron chi connectivity index (χ3n) is 5.53. The molecule has 1 saturated carbocycles. The highest BCUT2D eigenvalue weighted by Gasteiger charge is 2.55.